The van der Waals surface area contributed by atoms with Gasteiger partial charge in [0.15, 0.2) is 0 Å². The van der Waals surface area contributed by atoms with E-state index in [1.54, 1.807) is 24.3 Å². The maximum atomic E-state index is 12.3. The van der Waals surface area contributed by atoms with Gasteiger partial charge in [-0.2, -0.15) is 0 Å². The van der Waals surface area contributed by atoms with Crippen LogP contribution in [0.5, 0.6) is 0 Å². The molecule has 0 amide bonds. The topological polar surface area (TPSA) is 78.9 Å². The molecule has 6 nitrogen and oxygen atoms in total. The van der Waals surface area contributed by atoms with Gasteiger partial charge in [0.2, 0.25) is 0 Å². The molecule has 2 rings (SSSR count). The Morgan fingerprint density at radius 2 is 1.82 bits per heavy atom. The van der Waals surface area contributed by atoms with Gasteiger partial charge in [-0.1, -0.05) is 0 Å². The first kappa shape index (κ1) is 17.4. The van der Waals surface area contributed by atoms with E-state index in [-0.39, 0.29) is 25.2 Å². The van der Waals surface area contributed by atoms with Crippen molar-refractivity contribution in [3.05, 3.63) is 35.9 Å². The fourth-order valence-electron chi connectivity index (χ4n) is 1.56. The van der Waals surface area contributed by atoms with E-state index < -0.39 is 31.5 Å². The molecule has 1 aromatic carbocycles. The van der Waals surface area contributed by atoms with Gasteiger partial charge in [-0.05, 0) is 0 Å². The molecule has 1 fully saturated rings. The molecule has 22 heavy (non-hydrogen) atoms. The van der Waals surface area contributed by atoms with E-state index in [0.717, 1.165) is 5.56 Å². The van der Waals surface area contributed by atoms with E-state index in [9.17, 15) is 14.2 Å². The normalized spacial score (nSPS) is 19.4. The van der Waals surface area contributed by atoms with Crippen molar-refractivity contribution in [1.82, 2.24) is 0 Å². The molecule has 0 spiro atoms. The molecule has 120 valence electrons. The van der Waals surface area contributed by atoms with Gasteiger partial charge in [-0.15, -0.1) is 0 Å². The molecule has 0 aliphatic carbocycles. The predicted molar refractivity (Wildman–Crippen MR) is 80.3 cm³/mol. The fourth-order valence-corrected chi connectivity index (χ4v) is 6.23. The Kier molecular flexibility index (Phi) is 5.59. The van der Waals surface area contributed by atoms with Crippen molar-refractivity contribution in [2.24, 2.45) is 5.41 Å². The SMILES string of the molecule is CC1(C)COP(=O)([Se]C(=O)C(=O)OCc2ccccc2)OC1. The van der Waals surface area contributed by atoms with Gasteiger partial charge in [0.1, 0.15) is 0 Å². The molecule has 0 radical (unpaired) electrons. The Labute approximate surface area is 134 Å². The van der Waals surface area contributed by atoms with Gasteiger partial charge < -0.3 is 0 Å². The van der Waals surface area contributed by atoms with Gasteiger partial charge in [0.25, 0.3) is 0 Å². The van der Waals surface area contributed by atoms with Crippen LogP contribution >= 0.6 is 6.29 Å². The average Bonchev–Trinajstić information content (AvgIpc) is 2.49. The second-order valence-corrected chi connectivity index (χ2v) is 11.9. The quantitative estimate of drug-likeness (QED) is 0.331. The molecule has 1 heterocycles. The summed E-state index contributed by atoms with van der Waals surface area (Å²) >= 11 is -1.22. The summed E-state index contributed by atoms with van der Waals surface area (Å²) in [5.41, 5.74) is 0.524. The number of carbonyl (C=O) groups is 2. The summed E-state index contributed by atoms with van der Waals surface area (Å²) in [6.07, 6.45) is -3.49. The molecule has 0 N–H and O–H groups in total. The molecule has 0 unspecified atom stereocenters. The summed E-state index contributed by atoms with van der Waals surface area (Å²) in [4.78, 5) is 23.5. The van der Waals surface area contributed by atoms with Crippen molar-refractivity contribution in [3.63, 3.8) is 0 Å². The van der Waals surface area contributed by atoms with Crippen LogP contribution in [0.25, 0.3) is 0 Å². The molecule has 0 atom stereocenters. The molecule has 0 bridgehead atoms. The van der Waals surface area contributed by atoms with Crippen LogP contribution in [0.2, 0.25) is 0 Å². The van der Waals surface area contributed by atoms with Crippen molar-refractivity contribution in [3.8, 4) is 0 Å². The minimum absolute atomic E-state index is 0.000536. The molecule has 0 aromatic heterocycles. The summed E-state index contributed by atoms with van der Waals surface area (Å²) in [5.74, 6) is -1.00. The first-order valence-corrected chi connectivity index (χ1v) is 11.2. The number of ether oxygens (including phenoxy) is 1. The average molecular weight is 391 g/mol. The summed E-state index contributed by atoms with van der Waals surface area (Å²) < 4.78 is 26.7. The van der Waals surface area contributed by atoms with Crippen LogP contribution in [0.15, 0.2) is 30.3 Å². The van der Waals surface area contributed by atoms with Crippen LogP contribution < -0.4 is 0 Å². The van der Waals surface area contributed by atoms with Crippen LogP contribution in [-0.4, -0.2) is 38.4 Å². The number of rotatable bonds is 5. The number of benzene rings is 1. The Balaban J connectivity index is 1.84. The van der Waals surface area contributed by atoms with E-state index in [4.69, 9.17) is 13.8 Å². The number of carbonyl (C=O) groups excluding carboxylic acids is 2. The summed E-state index contributed by atoms with van der Waals surface area (Å²) in [7, 11) is 0. The molecule has 8 heteroatoms. The van der Waals surface area contributed by atoms with Crippen LogP contribution in [0.1, 0.15) is 19.4 Å². The van der Waals surface area contributed by atoms with Gasteiger partial charge >= 0.3 is 134 Å². The van der Waals surface area contributed by atoms with Crippen LogP contribution in [0.3, 0.4) is 0 Å². The van der Waals surface area contributed by atoms with Gasteiger partial charge in [-0.25, -0.2) is 0 Å². The first-order valence-electron chi connectivity index (χ1n) is 6.63. The zero-order chi connectivity index (χ0) is 16.2. The van der Waals surface area contributed by atoms with Crippen LogP contribution in [0, 0.1) is 5.41 Å². The number of esters is 1. The maximum absolute atomic E-state index is 12.3. The Bertz CT molecular complexity index is 587. The van der Waals surface area contributed by atoms with Gasteiger partial charge in [0, 0.05) is 0 Å². The molecular weight excluding hydrogens is 374 g/mol. The Morgan fingerprint density at radius 3 is 2.41 bits per heavy atom. The van der Waals surface area contributed by atoms with E-state index in [2.05, 4.69) is 0 Å². The number of hydrogen-bond acceptors (Lipinski definition) is 6. The summed E-state index contributed by atoms with van der Waals surface area (Å²) in [6, 6.07) is 9.00. The molecule has 1 aliphatic rings. The van der Waals surface area contributed by atoms with E-state index >= 15 is 0 Å². The predicted octanol–water partition coefficient (Wildman–Crippen LogP) is 2.14. The minimum atomic E-state index is -3.49. The summed E-state index contributed by atoms with van der Waals surface area (Å²) in [5, 5.41) is 0. The van der Waals surface area contributed by atoms with Crippen molar-refractivity contribution in [2.75, 3.05) is 13.2 Å². The molecule has 1 aromatic rings. The third-order valence-electron chi connectivity index (χ3n) is 2.80. The molecule has 0 saturated carbocycles. The van der Waals surface area contributed by atoms with E-state index in [1.807, 2.05) is 19.9 Å². The van der Waals surface area contributed by atoms with E-state index in [1.165, 1.54) is 0 Å². The van der Waals surface area contributed by atoms with Crippen molar-refractivity contribution < 1.29 is 27.9 Å². The second-order valence-electron chi connectivity index (χ2n) is 5.60. The van der Waals surface area contributed by atoms with Crippen LogP contribution in [-0.2, 0) is 34.5 Å². The monoisotopic (exact) mass is 392 g/mol. The van der Waals surface area contributed by atoms with E-state index in [0.29, 0.717) is 0 Å². The van der Waals surface area contributed by atoms with Gasteiger partial charge in [-0.3, -0.25) is 0 Å². The Hall–Kier alpha value is -0.971. The molecule has 1 aliphatic heterocycles. The zero-order valence-corrected chi connectivity index (χ0v) is 14.9. The van der Waals surface area contributed by atoms with Crippen molar-refractivity contribution in [2.45, 2.75) is 20.5 Å². The van der Waals surface area contributed by atoms with Gasteiger partial charge in [0.05, 0.1) is 0 Å². The fraction of sp³-hybridized carbons (Fsp3) is 0.429. The second kappa shape index (κ2) is 7.07. The standard InChI is InChI=1S/C14H17O6PSe/c1-14(2)9-19-21(17,20-10-14)22-13(16)12(15)18-8-11-6-4-3-5-7-11/h3-7H,8-10H2,1-2H3. The Morgan fingerprint density at radius 1 is 1.23 bits per heavy atom. The molecule has 1 saturated heterocycles. The zero-order valence-electron chi connectivity index (χ0n) is 12.3. The molecular formula is C14H17O6PSe. The summed E-state index contributed by atoms with van der Waals surface area (Å²) in [6.45, 7) is 4.27. The number of hydrogen-bond donors (Lipinski definition) is 0. The first-order chi connectivity index (χ1) is 10.3. The third-order valence-corrected chi connectivity index (χ3v) is 8.21. The van der Waals surface area contributed by atoms with Crippen molar-refractivity contribution in [1.29, 1.82) is 0 Å². The third kappa shape index (κ3) is 5.04. The van der Waals surface area contributed by atoms with Crippen LogP contribution in [0.4, 0.5) is 0 Å². The van der Waals surface area contributed by atoms with Crippen molar-refractivity contribution >= 4 is 31.5 Å².